The summed E-state index contributed by atoms with van der Waals surface area (Å²) in [7, 11) is 1.84. The summed E-state index contributed by atoms with van der Waals surface area (Å²) in [6, 6.07) is 1.95. The van der Waals surface area contributed by atoms with Gasteiger partial charge in [-0.1, -0.05) is 5.16 Å². The summed E-state index contributed by atoms with van der Waals surface area (Å²) in [5.74, 6) is 1.23. The maximum absolute atomic E-state index is 5.12. The van der Waals surface area contributed by atoms with Gasteiger partial charge in [0, 0.05) is 0 Å². The Balaban J connectivity index is 2.29. The van der Waals surface area contributed by atoms with Gasteiger partial charge < -0.3 is 9.84 Å². The predicted octanol–water partition coefficient (Wildman–Crippen LogP) is 2.28. The van der Waals surface area contributed by atoms with E-state index in [2.05, 4.69) is 31.4 Å². The number of halogens is 1. The van der Waals surface area contributed by atoms with E-state index in [4.69, 9.17) is 4.52 Å². The van der Waals surface area contributed by atoms with Crippen LogP contribution >= 0.6 is 27.3 Å². The Morgan fingerprint density at radius 1 is 1.64 bits per heavy atom. The fourth-order valence-electron chi connectivity index (χ4n) is 1.04. The summed E-state index contributed by atoms with van der Waals surface area (Å²) in [4.78, 5) is 4.24. The summed E-state index contributed by atoms with van der Waals surface area (Å²) in [5.41, 5.74) is 0.949. The van der Waals surface area contributed by atoms with Gasteiger partial charge in [-0.25, -0.2) is 0 Å². The van der Waals surface area contributed by atoms with Crippen LogP contribution in [0.3, 0.4) is 0 Å². The highest BCUT2D eigenvalue weighted by Gasteiger charge is 2.11. The molecular weight excluding hydrogens is 266 g/mol. The first-order valence-electron chi connectivity index (χ1n) is 4.02. The quantitative estimate of drug-likeness (QED) is 0.932. The van der Waals surface area contributed by atoms with E-state index >= 15 is 0 Å². The van der Waals surface area contributed by atoms with Crippen molar-refractivity contribution in [3.8, 4) is 11.5 Å². The van der Waals surface area contributed by atoms with E-state index in [-0.39, 0.29) is 0 Å². The van der Waals surface area contributed by atoms with Crippen LogP contribution in [0.25, 0.3) is 11.5 Å². The molecule has 2 heterocycles. The van der Waals surface area contributed by atoms with Crippen LogP contribution < -0.4 is 5.32 Å². The number of hydrogen-bond acceptors (Lipinski definition) is 5. The molecule has 0 aromatic carbocycles. The number of rotatable bonds is 3. The largest absolute Gasteiger partial charge is 0.334 e. The fourth-order valence-corrected chi connectivity index (χ4v) is 2.27. The molecule has 0 amide bonds. The van der Waals surface area contributed by atoms with Gasteiger partial charge in [-0.15, -0.1) is 11.3 Å². The number of nitrogens with one attached hydrogen (secondary N) is 1. The lowest BCUT2D eigenvalue weighted by Crippen LogP contribution is -2.06. The molecule has 0 aliphatic carbocycles. The molecule has 1 N–H and O–H groups in total. The first-order valence-corrected chi connectivity index (χ1v) is 5.69. The van der Waals surface area contributed by atoms with Crippen LogP contribution in [0.15, 0.2) is 19.8 Å². The van der Waals surface area contributed by atoms with Gasteiger partial charge in [0.1, 0.15) is 0 Å². The van der Waals surface area contributed by atoms with Crippen LogP contribution in [0.4, 0.5) is 0 Å². The molecule has 0 saturated heterocycles. The van der Waals surface area contributed by atoms with Crippen LogP contribution in [0.5, 0.6) is 0 Å². The Morgan fingerprint density at radius 2 is 2.50 bits per heavy atom. The Bertz CT molecular complexity index is 426. The maximum Gasteiger partial charge on any atom is 0.259 e. The fraction of sp³-hybridized carbons (Fsp3) is 0.250. The molecule has 0 fully saturated rings. The minimum absolute atomic E-state index is 0.559. The minimum atomic E-state index is 0.559. The zero-order valence-electron chi connectivity index (χ0n) is 7.45. The lowest BCUT2D eigenvalue weighted by atomic mass is 10.3. The standard InChI is InChI=1S/C8H8BrN3OS/c1-10-4-6-11-8(13-12-6)5-2-3-14-7(5)9/h2-3,10H,4H2,1H3. The van der Waals surface area contributed by atoms with Crippen molar-refractivity contribution in [1.82, 2.24) is 15.5 Å². The molecule has 14 heavy (non-hydrogen) atoms. The molecule has 6 heteroatoms. The third-order valence-corrected chi connectivity index (χ3v) is 3.34. The van der Waals surface area contributed by atoms with Gasteiger partial charge in [0.2, 0.25) is 0 Å². The van der Waals surface area contributed by atoms with Gasteiger partial charge in [-0.05, 0) is 34.4 Å². The smallest absolute Gasteiger partial charge is 0.259 e. The Labute approximate surface area is 93.5 Å². The normalized spacial score (nSPS) is 10.7. The van der Waals surface area contributed by atoms with E-state index in [0.29, 0.717) is 18.3 Å². The Kier molecular flexibility index (Phi) is 2.95. The topological polar surface area (TPSA) is 51.0 Å². The lowest BCUT2D eigenvalue weighted by molar-refractivity contribution is 0.420. The molecule has 0 aliphatic rings. The van der Waals surface area contributed by atoms with E-state index in [1.807, 2.05) is 18.5 Å². The van der Waals surface area contributed by atoms with E-state index in [1.54, 1.807) is 11.3 Å². The van der Waals surface area contributed by atoms with E-state index < -0.39 is 0 Å². The van der Waals surface area contributed by atoms with E-state index in [0.717, 1.165) is 9.35 Å². The van der Waals surface area contributed by atoms with Crippen molar-refractivity contribution in [3.63, 3.8) is 0 Å². The second-order valence-electron chi connectivity index (χ2n) is 2.65. The first kappa shape index (κ1) is 9.82. The second kappa shape index (κ2) is 4.20. The number of hydrogen-bond donors (Lipinski definition) is 1. The van der Waals surface area contributed by atoms with E-state index in [9.17, 15) is 0 Å². The van der Waals surface area contributed by atoms with Gasteiger partial charge in [0.15, 0.2) is 5.82 Å². The minimum Gasteiger partial charge on any atom is -0.334 e. The molecule has 0 radical (unpaired) electrons. The number of aromatic nitrogens is 2. The molecule has 2 aromatic rings. The molecule has 0 unspecified atom stereocenters. The molecular formula is C8H8BrN3OS. The summed E-state index contributed by atoms with van der Waals surface area (Å²) in [5, 5.41) is 8.77. The van der Waals surface area contributed by atoms with Crippen molar-refractivity contribution in [2.45, 2.75) is 6.54 Å². The Hall–Kier alpha value is -0.720. The van der Waals surface area contributed by atoms with Gasteiger partial charge >= 0.3 is 0 Å². The zero-order chi connectivity index (χ0) is 9.97. The molecule has 4 nitrogen and oxygen atoms in total. The van der Waals surface area contributed by atoms with Crippen molar-refractivity contribution in [2.24, 2.45) is 0 Å². The van der Waals surface area contributed by atoms with E-state index in [1.165, 1.54) is 0 Å². The van der Waals surface area contributed by atoms with Crippen LogP contribution in [-0.2, 0) is 6.54 Å². The highest BCUT2D eigenvalue weighted by atomic mass is 79.9. The third-order valence-electron chi connectivity index (χ3n) is 1.65. The molecule has 0 aliphatic heterocycles. The number of nitrogens with zero attached hydrogens (tertiary/aromatic N) is 2. The monoisotopic (exact) mass is 273 g/mol. The van der Waals surface area contributed by atoms with Crippen molar-refractivity contribution in [3.05, 3.63) is 21.1 Å². The van der Waals surface area contributed by atoms with Crippen LogP contribution in [0.2, 0.25) is 0 Å². The summed E-state index contributed by atoms with van der Waals surface area (Å²) in [6.45, 7) is 0.616. The number of thiophene rings is 1. The lowest BCUT2D eigenvalue weighted by Gasteiger charge is -1.88. The van der Waals surface area contributed by atoms with Crippen molar-refractivity contribution in [2.75, 3.05) is 7.05 Å². The second-order valence-corrected chi connectivity index (χ2v) is 4.89. The molecule has 2 rings (SSSR count). The third kappa shape index (κ3) is 1.87. The van der Waals surface area contributed by atoms with Crippen LogP contribution in [-0.4, -0.2) is 17.2 Å². The van der Waals surface area contributed by atoms with Crippen molar-refractivity contribution in [1.29, 1.82) is 0 Å². The average Bonchev–Trinajstić information content (AvgIpc) is 2.74. The Morgan fingerprint density at radius 3 is 3.14 bits per heavy atom. The maximum atomic E-state index is 5.12. The molecule has 74 valence electrons. The molecule has 0 saturated carbocycles. The summed E-state index contributed by atoms with van der Waals surface area (Å²) in [6.07, 6.45) is 0. The molecule has 0 spiro atoms. The first-order chi connectivity index (χ1) is 6.81. The van der Waals surface area contributed by atoms with Crippen LogP contribution in [0.1, 0.15) is 5.82 Å². The predicted molar refractivity (Wildman–Crippen MR) is 58.1 cm³/mol. The molecule has 0 bridgehead atoms. The molecule has 2 aromatic heterocycles. The van der Waals surface area contributed by atoms with Crippen molar-refractivity contribution < 1.29 is 4.52 Å². The van der Waals surface area contributed by atoms with Gasteiger partial charge in [-0.3, -0.25) is 0 Å². The van der Waals surface area contributed by atoms with Crippen molar-refractivity contribution >= 4 is 27.3 Å². The highest BCUT2D eigenvalue weighted by molar-refractivity contribution is 9.11. The SMILES string of the molecule is CNCc1noc(-c2ccsc2Br)n1. The molecule has 0 atom stereocenters. The van der Waals surface area contributed by atoms with Crippen LogP contribution in [0, 0.1) is 0 Å². The van der Waals surface area contributed by atoms with Gasteiger partial charge in [-0.2, -0.15) is 4.98 Å². The highest BCUT2D eigenvalue weighted by Crippen LogP contribution is 2.31. The zero-order valence-corrected chi connectivity index (χ0v) is 9.85. The summed E-state index contributed by atoms with van der Waals surface area (Å²) < 4.78 is 6.13. The van der Waals surface area contributed by atoms with Gasteiger partial charge in [0.25, 0.3) is 5.89 Å². The van der Waals surface area contributed by atoms with Gasteiger partial charge in [0.05, 0.1) is 15.9 Å². The average molecular weight is 274 g/mol. The summed E-state index contributed by atoms with van der Waals surface area (Å²) >= 11 is 5.02.